The SMILES string of the molecule is CNc1ccccc1C(=O)O[C@H]1O[C@@H](C)[C@@H](O)[C@@H](O)[C@@H]1O. The van der Waals surface area contributed by atoms with Crippen molar-refractivity contribution in [2.45, 2.75) is 37.6 Å². The molecule has 0 saturated carbocycles. The number of ether oxygens (including phenoxy) is 2. The van der Waals surface area contributed by atoms with Crippen molar-refractivity contribution in [3.8, 4) is 0 Å². The molecule has 1 saturated heterocycles. The summed E-state index contributed by atoms with van der Waals surface area (Å²) in [5, 5.41) is 31.9. The second-order valence-electron chi connectivity index (χ2n) is 4.88. The van der Waals surface area contributed by atoms with Crippen molar-refractivity contribution in [2.24, 2.45) is 0 Å². The molecular weight excluding hydrogens is 278 g/mol. The largest absolute Gasteiger partial charge is 0.429 e. The second kappa shape index (κ2) is 6.40. The van der Waals surface area contributed by atoms with E-state index in [9.17, 15) is 20.1 Å². The first-order valence-corrected chi connectivity index (χ1v) is 6.63. The lowest BCUT2D eigenvalue weighted by Gasteiger charge is -2.38. The number of anilines is 1. The van der Waals surface area contributed by atoms with Crippen LogP contribution in [0.4, 0.5) is 5.69 Å². The summed E-state index contributed by atoms with van der Waals surface area (Å²) in [7, 11) is 1.67. The van der Waals surface area contributed by atoms with Crippen LogP contribution in [0.1, 0.15) is 17.3 Å². The lowest BCUT2D eigenvalue weighted by Crippen LogP contribution is -2.57. The number of benzene rings is 1. The van der Waals surface area contributed by atoms with E-state index in [1.807, 2.05) is 0 Å². The molecule has 0 unspecified atom stereocenters. The van der Waals surface area contributed by atoms with Crippen molar-refractivity contribution in [1.82, 2.24) is 0 Å². The van der Waals surface area contributed by atoms with Crippen LogP contribution in [0, 0.1) is 0 Å². The summed E-state index contributed by atoms with van der Waals surface area (Å²) in [6.07, 6.45) is -6.29. The van der Waals surface area contributed by atoms with Crippen molar-refractivity contribution < 1.29 is 29.6 Å². The lowest BCUT2D eigenvalue weighted by molar-refractivity contribution is -0.276. The van der Waals surface area contributed by atoms with E-state index < -0.39 is 36.7 Å². The predicted octanol–water partition coefficient (Wildman–Crippen LogP) is -0.287. The maximum absolute atomic E-state index is 12.1. The molecular formula is C14H19NO6. The van der Waals surface area contributed by atoms with Crippen LogP contribution in [0.25, 0.3) is 0 Å². The van der Waals surface area contributed by atoms with Crippen LogP contribution in [-0.4, -0.2) is 59.0 Å². The number of aliphatic hydroxyl groups is 3. The van der Waals surface area contributed by atoms with Crippen LogP contribution in [0.5, 0.6) is 0 Å². The van der Waals surface area contributed by atoms with E-state index in [0.29, 0.717) is 5.69 Å². The van der Waals surface area contributed by atoms with Gasteiger partial charge in [-0.2, -0.15) is 0 Å². The first-order valence-electron chi connectivity index (χ1n) is 6.63. The van der Waals surface area contributed by atoms with Crippen molar-refractivity contribution in [3.63, 3.8) is 0 Å². The number of carbonyl (C=O) groups excluding carboxylic acids is 1. The fourth-order valence-electron chi connectivity index (χ4n) is 2.16. The highest BCUT2D eigenvalue weighted by Gasteiger charge is 2.43. The smallest absolute Gasteiger partial charge is 0.342 e. The van der Waals surface area contributed by atoms with Gasteiger partial charge in [-0.3, -0.25) is 0 Å². The fraction of sp³-hybridized carbons (Fsp3) is 0.500. The molecule has 0 spiro atoms. The number of hydrogen-bond donors (Lipinski definition) is 4. The van der Waals surface area contributed by atoms with Crippen LogP contribution in [0.15, 0.2) is 24.3 Å². The first-order chi connectivity index (χ1) is 9.95. The Bertz CT molecular complexity index is 508. The molecule has 0 bridgehead atoms. The van der Waals surface area contributed by atoms with Gasteiger partial charge in [-0.1, -0.05) is 12.1 Å². The van der Waals surface area contributed by atoms with E-state index >= 15 is 0 Å². The highest BCUT2D eigenvalue weighted by molar-refractivity contribution is 5.95. The Kier molecular flexibility index (Phi) is 4.79. The zero-order chi connectivity index (χ0) is 15.6. The predicted molar refractivity (Wildman–Crippen MR) is 73.8 cm³/mol. The molecule has 0 aromatic heterocycles. The Morgan fingerprint density at radius 3 is 2.52 bits per heavy atom. The molecule has 1 aromatic carbocycles. The Balaban J connectivity index is 2.12. The molecule has 7 nitrogen and oxygen atoms in total. The number of esters is 1. The Labute approximate surface area is 122 Å². The van der Waals surface area contributed by atoms with Crippen molar-refractivity contribution in [2.75, 3.05) is 12.4 Å². The van der Waals surface area contributed by atoms with E-state index in [1.54, 1.807) is 31.3 Å². The van der Waals surface area contributed by atoms with Gasteiger partial charge in [0.05, 0.1) is 11.7 Å². The quantitative estimate of drug-likeness (QED) is 0.568. The maximum Gasteiger partial charge on any atom is 0.342 e. The van der Waals surface area contributed by atoms with Gasteiger partial charge in [0.15, 0.2) is 0 Å². The van der Waals surface area contributed by atoms with E-state index in [0.717, 1.165) is 0 Å². The molecule has 2 rings (SSSR count). The molecule has 0 amide bonds. The number of rotatable bonds is 3. The molecule has 0 aliphatic carbocycles. The summed E-state index contributed by atoms with van der Waals surface area (Å²) in [6.45, 7) is 1.52. The Morgan fingerprint density at radius 2 is 1.86 bits per heavy atom. The monoisotopic (exact) mass is 297 g/mol. The molecule has 21 heavy (non-hydrogen) atoms. The van der Waals surface area contributed by atoms with Crippen LogP contribution in [0.3, 0.4) is 0 Å². The summed E-state index contributed by atoms with van der Waals surface area (Å²) in [5.74, 6) is -0.695. The maximum atomic E-state index is 12.1. The minimum absolute atomic E-state index is 0.282. The van der Waals surface area contributed by atoms with E-state index in [4.69, 9.17) is 9.47 Å². The summed E-state index contributed by atoms with van der Waals surface area (Å²) >= 11 is 0. The number of carbonyl (C=O) groups is 1. The third kappa shape index (κ3) is 3.16. The number of aliphatic hydroxyl groups excluding tert-OH is 3. The summed E-state index contributed by atoms with van der Waals surface area (Å²) < 4.78 is 10.3. The van der Waals surface area contributed by atoms with Crippen molar-refractivity contribution in [3.05, 3.63) is 29.8 Å². The van der Waals surface area contributed by atoms with Crippen LogP contribution >= 0.6 is 0 Å². The lowest BCUT2D eigenvalue weighted by atomic mass is 10.00. The van der Waals surface area contributed by atoms with Crippen molar-refractivity contribution >= 4 is 11.7 Å². The van der Waals surface area contributed by atoms with Crippen LogP contribution in [0.2, 0.25) is 0 Å². The Hall–Kier alpha value is -1.67. The van der Waals surface area contributed by atoms with Gasteiger partial charge in [0.2, 0.25) is 6.29 Å². The number of nitrogens with one attached hydrogen (secondary N) is 1. The standard InChI is InChI=1S/C14H19NO6/c1-7-10(16)11(17)12(18)14(20-7)21-13(19)8-5-3-4-6-9(8)15-2/h3-7,10-12,14-18H,1-2H3/t7-,10+,11+,12-,14+/m0/s1. The Morgan fingerprint density at radius 1 is 1.19 bits per heavy atom. The first kappa shape index (κ1) is 15.7. The van der Waals surface area contributed by atoms with Crippen LogP contribution < -0.4 is 5.32 Å². The number of hydrogen-bond acceptors (Lipinski definition) is 7. The summed E-state index contributed by atoms with van der Waals surface area (Å²) in [5.41, 5.74) is 0.852. The van der Waals surface area contributed by atoms with Gasteiger partial charge in [0, 0.05) is 12.7 Å². The molecule has 1 fully saturated rings. The summed E-state index contributed by atoms with van der Waals surface area (Å²) in [6, 6.07) is 6.71. The highest BCUT2D eigenvalue weighted by Crippen LogP contribution is 2.24. The molecule has 4 N–H and O–H groups in total. The second-order valence-corrected chi connectivity index (χ2v) is 4.88. The van der Waals surface area contributed by atoms with Gasteiger partial charge in [-0.25, -0.2) is 4.79 Å². The third-order valence-corrected chi connectivity index (χ3v) is 3.45. The van der Waals surface area contributed by atoms with Gasteiger partial charge >= 0.3 is 5.97 Å². The molecule has 1 heterocycles. The minimum Gasteiger partial charge on any atom is -0.429 e. The fourth-order valence-corrected chi connectivity index (χ4v) is 2.16. The molecule has 116 valence electrons. The zero-order valence-electron chi connectivity index (χ0n) is 11.8. The third-order valence-electron chi connectivity index (χ3n) is 3.45. The van der Waals surface area contributed by atoms with Crippen LogP contribution in [-0.2, 0) is 9.47 Å². The zero-order valence-corrected chi connectivity index (χ0v) is 11.8. The highest BCUT2D eigenvalue weighted by atomic mass is 16.7. The summed E-state index contributed by atoms with van der Waals surface area (Å²) in [4.78, 5) is 12.1. The molecule has 7 heteroatoms. The molecule has 1 aliphatic heterocycles. The van der Waals surface area contributed by atoms with Crippen molar-refractivity contribution in [1.29, 1.82) is 0 Å². The van der Waals surface area contributed by atoms with E-state index in [-0.39, 0.29) is 5.56 Å². The molecule has 1 aliphatic rings. The average molecular weight is 297 g/mol. The normalized spacial score (nSPS) is 32.5. The van der Waals surface area contributed by atoms with E-state index in [2.05, 4.69) is 5.32 Å². The van der Waals surface area contributed by atoms with E-state index in [1.165, 1.54) is 6.92 Å². The van der Waals surface area contributed by atoms with Gasteiger partial charge < -0.3 is 30.1 Å². The van der Waals surface area contributed by atoms with Gasteiger partial charge in [0.1, 0.15) is 18.3 Å². The molecule has 0 radical (unpaired) electrons. The average Bonchev–Trinajstić information content (AvgIpc) is 2.50. The van der Waals surface area contributed by atoms with Gasteiger partial charge in [-0.05, 0) is 19.1 Å². The van der Waals surface area contributed by atoms with Gasteiger partial charge in [0.25, 0.3) is 0 Å². The molecule has 1 aromatic rings. The minimum atomic E-state index is -1.51. The topological polar surface area (TPSA) is 108 Å². The number of para-hydroxylation sites is 1. The molecule has 5 atom stereocenters. The van der Waals surface area contributed by atoms with Gasteiger partial charge in [-0.15, -0.1) is 0 Å².